The third-order valence-electron chi connectivity index (χ3n) is 7.37. The van der Waals surface area contributed by atoms with Crippen LogP contribution in [0.15, 0.2) is 70.0 Å². The lowest BCUT2D eigenvalue weighted by atomic mass is 9.80. The lowest BCUT2D eigenvalue weighted by molar-refractivity contribution is -0.120. The van der Waals surface area contributed by atoms with Crippen molar-refractivity contribution in [2.75, 3.05) is 19.5 Å². The number of amides is 1. The predicted molar refractivity (Wildman–Crippen MR) is 158 cm³/mol. The number of nitrogens with one attached hydrogen (secondary N) is 2. The largest absolute Gasteiger partial charge is 0.495 e. The number of rotatable bonds is 8. The summed E-state index contributed by atoms with van der Waals surface area (Å²) in [5.74, 6) is -0.570. The van der Waals surface area contributed by atoms with Crippen LogP contribution in [-0.2, 0) is 11.8 Å². The van der Waals surface area contributed by atoms with Gasteiger partial charge in [-0.05, 0) is 43.2 Å². The van der Waals surface area contributed by atoms with Gasteiger partial charge in [0.2, 0.25) is 12.3 Å². The Labute approximate surface area is 250 Å². The van der Waals surface area contributed by atoms with E-state index in [4.69, 9.17) is 27.9 Å². The van der Waals surface area contributed by atoms with Gasteiger partial charge in [-0.25, -0.2) is 8.78 Å². The van der Waals surface area contributed by atoms with Crippen LogP contribution in [0.4, 0.5) is 14.5 Å². The van der Waals surface area contributed by atoms with Crippen molar-refractivity contribution < 1.29 is 18.3 Å². The highest BCUT2D eigenvalue weighted by Crippen LogP contribution is 2.44. The molecule has 3 aromatic rings. The van der Waals surface area contributed by atoms with Gasteiger partial charge in [-0.2, -0.15) is 5.10 Å². The number of benzene rings is 1. The molecule has 222 valence electrons. The van der Waals surface area contributed by atoms with E-state index in [1.54, 1.807) is 60.6 Å². The minimum Gasteiger partial charge on any atom is -0.495 e. The number of hydrazine groups is 2. The fraction of sp³-hybridized carbons (Fsp3) is 0.321. The van der Waals surface area contributed by atoms with Crippen molar-refractivity contribution in [3.63, 3.8) is 0 Å². The number of pyridine rings is 1. The second-order valence-electron chi connectivity index (χ2n) is 10.3. The van der Waals surface area contributed by atoms with Gasteiger partial charge in [0, 0.05) is 54.4 Å². The van der Waals surface area contributed by atoms with Crippen LogP contribution in [0.25, 0.3) is 16.5 Å². The Bertz CT molecular complexity index is 1700. The van der Waals surface area contributed by atoms with Gasteiger partial charge in [0.1, 0.15) is 16.9 Å². The van der Waals surface area contributed by atoms with Gasteiger partial charge >= 0.3 is 0 Å². The van der Waals surface area contributed by atoms with Crippen LogP contribution in [0.1, 0.15) is 31.4 Å². The molecule has 2 aromatic heterocycles. The van der Waals surface area contributed by atoms with Gasteiger partial charge in [0.05, 0.1) is 30.6 Å². The molecule has 14 heteroatoms. The summed E-state index contributed by atoms with van der Waals surface area (Å²) in [6.45, 7) is 1.94. The number of hydrogen-bond acceptors (Lipinski definition) is 7. The van der Waals surface area contributed by atoms with E-state index in [2.05, 4.69) is 15.8 Å². The molecule has 0 bridgehead atoms. The molecular weight excluding hydrogens is 591 g/mol. The molecule has 42 heavy (non-hydrogen) atoms. The Morgan fingerprint density at radius 1 is 1.24 bits per heavy atom. The number of halogens is 4. The zero-order valence-electron chi connectivity index (χ0n) is 23.2. The van der Waals surface area contributed by atoms with Crippen molar-refractivity contribution in [3.05, 3.63) is 81.1 Å². The Morgan fingerprint density at radius 3 is 2.67 bits per heavy atom. The molecule has 1 amide bonds. The highest BCUT2D eigenvalue weighted by molar-refractivity contribution is 6.32. The topological polar surface area (TPSA) is 96.7 Å². The first-order valence-electron chi connectivity index (χ1n) is 13.0. The van der Waals surface area contributed by atoms with Crippen molar-refractivity contribution in [2.45, 2.75) is 37.8 Å². The molecule has 0 radical (unpaired) electrons. The standard InChI is InChI=1S/C28H29Cl2F2N7O3/c1-28(39-15-24(30)35-37(39)3)8-7-17(29)10-20(28)19-11-26(40)38(14-23(19)42-4)22(12-25(31)32)27(41)33-18-5-6-21-16(9-18)13-36(2)34-21/h5-7,9-11,13-15,22,25,35H,8,12H2,1-4H3,(H,33,41). The number of allylic oxidation sites excluding steroid dienone is 2. The minimum atomic E-state index is -2.86. The molecule has 0 spiro atoms. The molecule has 5 rings (SSSR count). The molecule has 10 nitrogen and oxygen atoms in total. The summed E-state index contributed by atoms with van der Waals surface area (Å²) in [5, 5.41) is 12.1. The molecule has 1 aliphatic heterocycles. The van der Waals surface area contributed by atoms with Crippen molar-refractivity contribution in [2.24, 2.45) is 7.05 Å². The van der Waals surface area contributed by atoms with Crippen molar-refractivity contribution >= 4 is 51.3 Å². The molecule has 2 aliphatic rings. The van der Waals surface area contributed by atoms with Crippen molar-refractivity contribution in [1.82, 2.24) is 29.9 Å². The molecule has 0 fully saturated rings. The molecule has 0 saturated heterocycles. The van der Waals surface area contributed by atoms with Gasteiger partial charge in [0.15, 0.2) is 0 Å². The van der Waals surface area contributed by atoms with Crippen LogP contribution in [0.5, 0.6) is 5.75 Å². The van der Waals surface area contributed by atoms with Gasteiger partial charge in [-0.1, -0.05) is 29.3 Å². The quantitative estimate of drug-likeness (QED) is 0.344. The average molecular weight is 620 g/mol. The Hall–Kier alpha value is -3.87. The van der Waals surface area contributed by atoms with Crippen LogP contribution in [0.3, 0.4) is 0 Å². The fourth-order valence-electron chi connectivity index (χ4n) is 5.36. The molecule has 2 N–H and O–H groups in total. The van der Waals surface area contributed by atoms with E-state index in [9.17, 15) is 18.4 Å². The monoisotopic (exact) mass is 619 g/mol. The smallest absolute Gasteiger partial charge is 0.252 e. The number of methoxy groups -OCH3 is 1. The van der Waals surface area contributed by atoms with Gasteiger partial charge in [-0.3, -0.25) is 29.3 Å². The van der Waals surface area contributed by atoms with Gasteiger partial charge < -0.3 is 10.1 Å². The van der Waals surface area contributed by atoms with Crippen LogP contribution in [0.2, 0.25) is 0 Å². The van der Waals surface area contributed by atoms with Crippen molar-refractivity contribution in [1.29, 1.82) is 0 Å². The van der Waals surface area contributed by atoms with Gasteiger partial charge in [0.25, 0.3) is 5.56 Å². The second kappa shape index (κ2) is 11.4. The first kappa shape index (κ1) is 29.6. The summed E-state index contributed by atoms with van der Waals surface area (Å²) < 4.78 is 35.8. The Morgan fingerprint density at radius 2 is 2.00 bits per heavy atom. The Kier molecular flexibility index (Phi) is 8.06. The summed E-state index contributed by atoms with van der Waals surface area (Å²) in [7, 11) is 4.95. The fourth-order valence-corrected chi connectivity index (χ4v) is 5.76. The third kappa shape index (κ3) is 5.61. The molecule has 2 atom stereocenters. The molecule has 1 aliphatic carbocycles. The highest BCUT2D eigenvalue weighted by Gasteiger charge is 2.42. The lowest BCUT2D eigenvalue weighted by Crippen LogP contribution is -2.53. The number of anilines is 1. The van der Waals surface area contributed by atoms with E-state index in [1.807, 2.05) is 18.0 Å². The maximum Gasteiger partial charge on any atom is 0.252 e. The molecule has 2 unspecified atom stereocenters. The lowest BCUT2D eigenvalue weighted by Gasteiger charge is -2.44. The summed E-state index contributed by atoms with van der Waals surface area (Å²) >= 11 is 12.6. The highest BCUT2D eigenvalue weighted by atomic mass is 35.5. The first-order valence-corrected chi connectivity index (χ1v) is 13.7. The normalized spacial score (nSPS) is 19.8. The second-order valence-corrected chi connectivity index (χ2v) is 11.1. The molecule has 0 saturated carbocycles. The number of carbonyl (C=O) groups is 1. The zero-order chi connectivity index (χ0) is 30.3. The average Bonchev–Trinajstić information content (AvgIpc) is 3.48. The number of ether oxygens (including phenoxy) is 1. The molecule has 3 heterocycles. The van der Waals surface area contributed by atoms with E-state index in [-0.39, 0.29) is 5.75 Å². The van der Waals surface area contributed by atoms with Crippen LogP contribution in [-0.4, -0.2) is 56.5 Å². The molecular formula is C28H29Cl2F2N7O3. The van der Waals surface area contributed by atoms with E-state index < -0.39 is 35.9 Å². The van der Waals surface area contributed by atoms with E-state index in [0.717, 1.165) is 9.95 Å². The maximum absolute atomic E-state index is 13.8. The van der Waals surface area contributed by atoms with Crippen LogP contribution < -0.4 is 21.0 Å². The number of nitrogens with zero attached hydrogens (tertiary/aromatic N) is 5. The van der Waals surface area contributed by atoms with E-state index in [1.165, 1.54) is 19.4 Å². The number of alkyl halides is 2. The van der Waals surface area contributed by atoms with E-state index in [0.29, 0.717) is 38.9 Å². The number of hydrogen-bond donors (Lipinski definition) is 2. The first-order chi connectivity index (χ1) is 19.9. The van der Waals surface area contributed by atoms with Crippen molar-refractivity contribution in [3.8, 4) is 5.75 Å². The van der Waals surface area contributed by atoms with Gasteiger partial charge in [-0.15, -0.1) is 5.12 Å². The SMILES string of the molecule is COc1cn(C(CC(F)F)C(=O)Nc2ccc3nn(C)cc3c2)c(=O)cc1C1=CC(Cl)=CCC1(C)N1C=C(Cl)NN1C. The number of fused-ring (bicyclic) bond motifs is 1. The maximum atomic E-state index is 13.8. The molecule has 1 aromatic carbocycles. The zero-order valence-corrected chi connectivity index (χ0v) is 24.7. The Balaban J connectivity index is 1.54. The summed E-state index contributed by atoms with van der Waals surface area (Å²) in [5.41, 5.74) is 3.68. The summed E-state index contributed by atoms with van der Waals surface area (Å²) in [4.78, 5) is 26.9. The third-order valence-corrected chi connectivity index (χ3v) is 7.82. The summed E-state index contributed by atoms with van der Waals surface area (Å²) in [6, 6.07) is 4.78. The number of carbonyl (C=O) groups excluding carboxylic acids is 1. The van der Waals surface area contributed by atoms with Crippen LogP contribution in [0, 0.1) is 0 Å². The minimum absolute atomic E-state index is 0.201. The number of aromatic nitrogens is 3. The summed E-state index contributed by atoms with van der Waals surface area (Å²) in [6.07, 6.45) is 5.04. The number of aryl methyl sites for hydroxylation is 1. The van der Waals surface area contributed by atoms with Crippen LogP contribution >= 0.6 is 23.2 Å². The predicted octanol–water partition coefficient (Wildman–Crippen LogP) is 4.95. The van der Waals surface area contributed by atoms with E-state index >= 15 is 0 Å².